The van der Waals surface area contributed by atoms with E-state index in [0.717, 1.165) is 10.9 Å². The zero-order valence-electron chi connectivity index (χ0n) is 11.4. The van der Waals surface area contributed by atoms with Gasteiger partial charge in [-0.25, -0.2) is 9.37 Å². The Labute approximate surface area is 121 Å². The van der Waals surface area contributed by atoms with Crippen LogP contribution in [0.4, 0.5) is 15.9 Å². The van der Waals surface area contributed by atoms with Crippen LogP contribution in [0.15, 0.2) is 48.5 Å². The number of hydrogen-bond acceptors (Lipinski definition) is 3. The summed E-state index contributed by atoms with van der Waals surface area (Å²) in [5.74, 6) is 0.217. The molecule has 0 aliphatic heterocycles. The van der Waals surface area contributed by atoms with Crippen molar-refractivity contribution in [1.29, 1.82) is 5.26 Å². The highest BCUT2D eigenvalue weighted by atomic mass is 19.1. The van der Waals surface area contributed by atoms with Gasteiger partial charge in [0, 0.05) is 11.1 Å². The SMILES string of the molecule is Cc1cc(Nc2nc3ccccc3cc2C#N)ccc1F. The van der Waals surface area contributed by atoms with Gasteiger partial charge in [-0.15, -0.1) is 0 Å². The molecule has 102 valence electrons. The lowest BCUT2D eigenvalue weighted by Gasteiger charge is -2.09. The van der Waals surface area contributed by atoms with E-state index in [0.29, 0.717) is 22.6 Å². The fourth-order valence-corrected chi connectivity index (χ4v) is 2.16. The number of halogens is 1. The molecular weight excluding hydrogens is 265 g/mol. The largest absolute Gasteiger partial charge is 0.339 e. The van der Waals surface area contributed by atoms with Gasteiger partial charge in [-0.2, -0.15) is 5.26 Å². The van der Waals surface area contributed by atoms with Crippen molar-refractivity contribution in [3.05, 3.63) is 65.5 Å². The molecule has 2 aromatic carbocycles. The van der Waals surface area contributed by atoms with Crippen LogP contribution in [0.1, 0.15) is 11.1 Å². The molecule has 3 rings (SSSR count). The number of rotatable bonds is 2. The Morgan fingerprint density at radius 2 is 1.95 bits per heavy atom. The number of nitrogens with one attached hydrogen (secondary N) is 1. The van der Waals surface area contributed by atoms with Gasteiger partial charge in [-0.1, -0.05) is 18.2 Å². The number of pyridine rings is 1. The van der Waals surface area contributed by atoms with Crippen molar-refractivity contribution < 1.29 is 4.39 Å². The number of para-hydroxylation sites is 1. The van der Waals surface area contributed by atoms with Crippen molar-refractivity contribution >= 4 is 22.4 Å². The molecule has 4 heteroatoms. The van der Waals surface area contributed by atoms with Gasteiger partial charge in [0.25, 0.3) is 0 Å². The Bertz CT molecular complexity index is 866. The molecule has 0 atom stereocenters. The molecule has 1 aromatic heterocycles. The summed E-state index contributed by atoms with van der Waals surface area (Å²) in [5, 5.41) is 13.3. The molecule has 0 unspecified atom stereocenters. The van der Waals surface area contributed by atoms with Gasteiger partial charge in [0.05, 0.1) is 11.1 Å². The maximum absolute atomic E-state index is 13.3. The van der Waals surface area contributed by atoms with E-state index in [9.17, 15) is 9.65 Å². The summed E-state index contributed by atoms with van der Waals surface area (Å²) in [5.41, 5.74) is 2.50. The van der Waals surface area contributed by atoms with Crippen LogP contribution in [-0.2, 0) is 0 Å². The van der Waals surface area contributed by atoms with Crippen LogP contribution in [0.2, 0.25) is 0 Å². The van der Waals surface area contributed by atoms with Crippen LogP contribution < -0.4 is 5.32 Å². The molecule has 3 nitrogen and oxygen atoms in total. The van der Waals surface area contributed by atoms with Crippen LogP contribution in [0.5, 0.6) is 0 Å². The van der Waals surface area contributed by atoms with Crippen molar-refractivity contribution in [2.24, 2.45) is 0 Å². The van der Waals surface area contributed by atoms with Gasteiger partial charge in [0.15, 0.2) is 0 Å². The molecule has 0 radical (unpaired) electrons. The number of anilines is 2. The molecule has 3 aromatic rings. The molecule has 0 spiro atoms. The third kappa shape index (κ3) is 2.54. The van der Waals surface area contributed by atoms with E-state index >= 15 is 0 Å². The molecule has 21 heavy (non-hydrogen) atoms. The van der Waals surface area contributed by atoms with Gasteiger partial charge in [0.2, 0.25) is 0 Å². The van der Waals surface area contributed by atoms with Crippen LogP contribution >= 0.6 is 0 Å². The first-order valence-electron chi connectivity index (χ1n) is 6.50. The second-order valence-corrected chi connectivity index (χ2v) is 4.78. The maximum atomic E-state index is 13.3. The Morgan fingerprint density at radius 3 is 2.71 bits per heavy atom. The molecular formula is C17H12FN3. The molecule has 0 saturated heterocycles. The quantitative estimate of drug-likeness (QED) is 0.759. The number of fused-ring (bicyclic) bond motifs is 1. The van der Waals surface area contributed by atoms with E-state index in [-0.39, 0.29) is 5.82 Å². The predicted octanol–water partition coefficient (Wildman–Crippen LogP) is 4.30. The highest BCUT2D eigenvalue weighted by molar-refractivity contribution is 5.83. The van der Waals surface area contributed by atoms with Gasteiger partial charge >= 0.3 is 0 Å². The zero-order valence-corrected chi connectivity index (χ0v) is 11.4. The Morgan fingerprint density at radius 1 is 1.14 bits per heavy atom. The van der Waals surface area contributed by atoms with E-state index in [4.69, 9.17) is 0 Å². The summed E-state index contributed by atoms with van der Waals surface area (Å²) < 4.78 is 13.3. The number of nitrogens with zero attached hydrogens (tertiary/aromatic N) is 2. The van der Waals surface area contributed by atoms with Crippen molar-refractivity contribution in [3.8, 4) is 6.07 Å². The number of aromatic nitrogens is 1. The molecule has 1 N–H and O–H groups in total. The number of nitriles is 1. The van der Waals surface area contributed by atoms with E-state index in [1.54, 1.807) is 25.1 Å². The lowest BCUT2D eigenvalue weighted by Crippen LogP contribution is -1.98. The highest BCUT2D eigenvalue weighted by Gasteiger charge is 2.07. The minimum Gasteiger partial charge on any atom is -0.339 e. The average molecular weight is 277 g/mol. The smallest absolute Gasteiger partial charge is 0.149 e. The van der Waals surface area contributed by atoms with Crippen molar-refractivity contribution in [2.75, 3.05) is 5.32 Å². The summed E-state index contributed by atoms with van der Waals surface area (Å²) in [6.45, 7) is 1.69. The van der Waals surface area contributed by atoms with Crippen LogP contribution in [-0.4, -0.2) is 4.98 Å². The summed E-state index contributed by atoms with van der Waals surface area (Å²) in [6.07, 6.45) is 0. The van der Waals surface area contributed by atoms with Crippen LogP contribution in [0, 0.1) is 24.1 Å². The Balaban J connectivity index is 2.06. The lowest BCUT2D eigenvalue weighted by molar-refractivity contribution is 0.619. The standard InChI is InChI=1S/C17H12FN3/c1-11-8-14(6-7-15(11)18)20-17-13(10-19)9-12-4-2-3-5-16(12)21-17/h2-9H,1H3,(H,20,21). The van der Waals surface area contributed by atoms with Crippen molar-refractivity contribution in [1.82, 2.24) is 4.98 Å². The highest BCUT2D eigenvalue weighted by Crippen LogP contribution is 2.24. The van der Waals surface area contributed by atoms with E-state index in [2.05, 4.69) is 16.4 Å². The number of benzene rings is 2. The minimum atomic E-state index is -0.257. The molecule has 0 aliphatic rings. The molecule has 0 fully saturated rings. The third-order valence-electron chi connectivity index (χ3n) is 3.27. The molecule has 0 amide bonds. The molecule has 1 heterocycles. The monoisotopic (exact) mass is 277 g/mol. The molecule has 0 bridgehead atoms. The summed E-state index contributed by atoms with van der Waals surface area (Å²) in [6, 6.07) is 16.2. The lowest BCUT2D eigenvalue weighted by atomic mass is 10.1. The first-order chi connectivity index (χ1) is 10.2. The van der Waals surface area contributed by atoms with E-state index in [1.165, 1.54) is 6.07 Å². The summed E-state index contributed by atoms with van der Waals surface area (Å²) in [7, 11) is 0. The van der Waals surface area contributed by atoms with Gasteiger partial charge < -0.3 is 5.32 Å². The van der Waals surface area contributed by atoms with Crippen LogP contribution in [0.3, 0.4) is 0 Å². The minimum absolute atomic E-state index is 0.257. The first-order valence-corrected chi connectivity index (χ1v) is 6.50. The number of hydrogen-bond donors (Lipinski definition) is 1. The third-order valence-corrected chi connectivity index (χ3v) is 3.27. The predicted molar refractivity (Wildman–Crippen MR) is 80.9 cm³/mol. The molecule has 0 saturated carbocycles. The summed E-state index contributed by atoms with van der Waals surface area (Å²) in [4.78, 5) is 4.47. The Kier molecular flexibility index (Phi) is 3.25. The summed E-state index contributed by atoms with van der Waals surface area (Å²) >= 11 is 0. The first kappa shape index (κ1) is 13.1. The fourth-order valence-electron chi connectivity index (χ4n) is 2.16. The van der Waals surface area contributed by atoms with Crippen molar-refractivity contribution in [3.63, 3.8) is 0 Å². The average Bonchev–Trinajstić information content (AvgIpc) is 2.50. The van der Waals surface area contributed by atoms with Gasteiger partial charge in [-0.3, -0.25) is 0 Å². The van der Waals surface area contributed by atoms with E-state index in [1.807, 2.05) is 24.3 Å². The normalized spacial score (nSPS) is 10.3. The second kappa shape index (κ2) is 5.22. The van der Waals surface area contributed by atoms with Gasteiger partial charge in [-0.05, 0) is 42.8 Å². The molecule has 0 aliphatic carbocycles. The maximum Gasteiger partial charge on any atom is 0.149 e. The van der Waals surface area contributed by atoms with Gasteiger partial charge in [0.1, 0.15) is 17.7 Å². The van der Waals surface area contributed by atoms with Crippen molar-refractivity contribution in [2.45, 2.75) is 6.92 Å². The Hall–Kier alpha value is -2.93. The van der Waals surface area contributed by atoms with Crippen LogP contribution in [0.25, 0.3) is 10.9 Å². The van der Waals surface area contributed by atoms with E-state index < -0.39 is 0 Å². The zero-order chi connectivity index (χ0) is 14.8. The fraction of sp³-hybridized carbons (Fsp3) is 0.0588. The second-order valence-electron chi connectivity index (χ2n) is 4.78. The number of aryl methyl sites for hydroxylation is 1. The topological polar surface area (TPSA) is 48.7 Å².